The number of carbonyl (C=O) groups is 1. The highest BCUT2D eigenvalue weighted by Gasteiger charge is 2.46. The second kappa shape index (κ2) is 10.2. The summed E-state index contributed by atoms with van der Waals surface area (Å²) in [6.45, 7) is 5.21. The van der Waals surface area contributed by atoms with E-state index in [1.807, 2.05) is 29.6 Å². The molecule has 1 amide bonds. The Hall–Kier alpha value is -2.15. The maximum absolute atomic E-state index is 12.6. The molecule has 3 saturated heterocycles. The number of hydrogen-bond acceptors (Lipinski definition) is 3. The summed E-state index contributed by atoms with van der Waals surface area (Å²) < 4.78 is 6.88. The molecule has 3 aliphatic heterocycles. The van der Waals surface area contributed by atoms with Gasteiger partial charge in [0.15, 0.2) is 0 Å². The van der Waals surface area contributed by atoms with Crippen LogP contribution >= 0.6 is 11.3 Å². The van der Waals surface area contributed by atoms with Crippen molar-refractivity contribution in [1.82, 2.24) is 0 Å². The maximum Gasteiger partial charge on any atom is 0.411 e. The van der Waals surface area contributed by atoms with Crippen LogP contribution in [0.4, 0.5) is 10.5 Å². The van der Waals surface area contributed by atoms with E-state index < -0.39 is 0 Å². The van der Waals surface area contributed by atoms with Crippen molar-refractivity contribution in [2.45, 2.75) is 19.4 Å². The van der Waals surface area contributed by atoms with Crippen LogP contribution in [-0.4, -0.2) is 36.8 Å². The molecule has 1 unspecified atom stereocenters. The average Bonchev–Trinajstić information content (AvgIpc) is 3.27. The Bertz CT molecular complexity index is 1020. The van der Waals surface area contributed by atoms with Gasteiger partial charge in [-0.15, -0.1) is 11.3 Å². The number of benzene rings is 2. The summed E-state index contributed by atoms with van der Waals surface area (Å²) >= 11 is 1.63. The second-order valence-corrected chi connectivity index (χ2v) is 9.88. The topological polar surface area (TPSA) is 38.3 Å². The smallest absolute Gasteiger partial charge is 0.411 e. The van der Waals surface area contributed by atoms with Gasteiger partial charge in [0, 0.05) is 24.3 Å². The predicted octanol–water partition coefficient (Wildman–Crippen LogP) is 3.02. The van der Waals surface area contributed by atoms with Gasteiger partial charge in [-0.3, -0.25) is 5.32 Å². The van der Waals surface area contributed by atoms with Crippen LogP contribution in [0.1, 0.15) is 18.4 Å². The number of fused-ring (bicyclic) bond motifs is 3. The summed E-state index contributed by atoms with van der Waals surface area (Å²) in [4.78, 5) is 13.6. The third-order valence-corrected chi connectivity index (χ3v) is 7.93. The summed E-state index contributed by atoms with van der Waals surface area (Å²) in [5.41, 5.74) is 3.34. The summed E-state index contributed by atoms with van der Waals surface area (Å²) in [7, 11) is 0. The molecular weight excluding hydrogens is 484 g/mol. The molecular formula is C26H29BrN2O2S. The number of thiophene rings is 1. The Labute approximate surface area is 204 Å². The Balaban J connectivity index is 0.00000245. The van der Waals surface area contributed by atoms with Crippen LogP contribution in [0.15, 0.2) is 72.1 Å². The number of amides is 1. The van der Waals surface area contributed by atoms with Gasteiger partial charge in [-0.05, 0) is 22.9 Å². The van der Waals surface area contributed by atoms with Gasteiger partial charge < -0.3 is 26.2 Å². The first kappa shape index (κ1) is 23.0. The molecule has 1 N–H and O–H groups in total. The summed E-state index contributed by atoms with van der Waals surface area (Å²) in [6, 6.07) is 22.9. The van der Waals surface area contributed by atoms with Crippen molar-refractivity contribution in [2.75, 3.05) is 31.6 Å². The molecule has 0 radical (unpaired) electrons. The van der Waals surface area contributed by atoms with Crippen molar-refractivity contribution >= 4 is 23.1 Å². The minimum atomic E-state index is -0.346. The molecule has 6 rings (SSSR count). The van der Waals surface area contributed by atoms with Crippen molar-refractivity contribution < 1.29 is 31.0 Å². The van der Waals surface area contributed by atoms with Gasteiger partial charge in [0.25, 0.3) is 0 Å². The van der Waals surface area contributed by atoms with Gasteiger partial charge in [0.05, 0.1) is 30.2 Å². The van der Waals surface area contributed by atoms with Crippen LogP contribution in [0.25, 0.3) is 10.4 Å². The van der Waals surface area contributed by atoms with Crippen molar-refractivity contribution in [1.29, 1.82) is 0 Å². The van der Waals surface area contributed by atoms with Crippen LogP contribution in [0.3, 0.4) is 0 Å². The maximum atomic E-state index is 12.6. The first-order valence-corrected chi connectivity index (χ1v) is 12.0. The fourth-order valence-corrected chi connectivity index (χ4v) is 6.23. The van der Waals surface area contributed by atoms with Gasteiger partial charge in [-0.25, -0.2) is 4.79 Å². The molecule has 0 spiro atoms. The Kier molecular flexibility index (Phi) is 7.33. The Morgan fingerprint density at radius 3 is 2.41 bits per heavy atom. The van der Waals surface area contributed by atoms with E-state index >= 15 is 0 Å². The van der Waals surface area contributed by atoms with Crippen molar-refractivity contribution in [2.24, 2.45) is 11.8 Å². The largest absolute Gasteiger partial charge is 1.00 e. The number of piperidine rings is 3. The zero-order chi connectivity index (χ0) is 21.1. The van der Waals surface area contributed by atoms with E-state index in [4.69, 9.17) is 4.74 Å². The number of halogens is 1. The number of rotatable bonds is 6. The summed E-state index contributed by atoms with van der Waals surface area (Å²) in [6.07, 6.45) is 2.14. The molecule has 2 aromatic carbocycles. The second-order valence-electron chi connectivity index (χ2n) is 8.97. The van der Waals surface area contributed by atoms with Crippen molar-refractivity contribution in [3.8, 4) is 10.4 Å². The first-order chi connectivity index (χ1) is 15.2. The molecule has 168 valence electrons. The molecule has 3 aliphatic rings. The number of nitrogens with one attached hydrogen (secondary N) is 1. The normalized spacial score (nSPS) is 23.9. The lowest BCUT2D eigenvalue weighted by atomic mass is 9.77. The van der Waals surface area contributed by atoms with Crippen molar-refractivity contribution in [3.63, 3.8) is 0 Å². The van der Waals surface area contributed by atoms with Gasteiger partial charge in [0.2, 0.25) is 0 Å². The van der Waals surface area contributed by atoms with Crippen LogP contribution in [0.2, 0.25) is 0 Å². The Morgan fingerprint density at radius 2 is 1.69 bits per heavy atom. The number of quaternary nitrogens is 1. The molecule has 6 heteroatoms. The number of hydrogen-bond donors (Lipinski definition) is 1. The van der Waals surface area contributed by atoms with Crippen LogP contribution in [0, 0.1) is 11.8 Å². The molecule has 32 heavy (non-hydrogen) atoms. The molecule has 4 nitrogen and oxygen atoms in total. The lowest BCUT2D eigenvalue weighted by Crippen LogP contribution is -3.00. The standard InChI is InChI=1S/C26H28N2O2S.BrH/c29-26(27-24-13-16-31-25(24)22-9-5-2-6-10-22)30-19-23-18-28(14-11-21(23)12-15-28)17-20-7-3-1-4-8-20;/h1-10,13,16,21,23H,11-12,14-15,17-19H2;1H. The molecule has 2 bridgehead atoms. The van der Waals surface area contributed by atoms with Gasteiger partial charge >= 0.3 is 6.09 Å². The van der Waals surface area contributed by atoms with E-state index in [9.17, 15) is 4.79 Å². The predicted molar refractivity (Wildman–Crippen MR) is 126 cm³/mol. The van der Waals surface area contributed by atoms with Gasteiger partial charge in [-0.2, -0.15) is 0 Å². The minimum Gasteiger partial charge on any atom is -1.00 e. The highest BCUT2D eigenvalue weighted by molar-refractivity contribution is 7.14. The summed E-state index contributed by atoms with van der Waals surface area (Å²) in [5, 5.41) is 4.97. The number of nitrogens with zero attached hydrogens (tertiary/aromatic N) is 1. The highest BCUT2D eigenvalue weighted by atomic mass is 79.9. The monoisotopic (exact) mass is 512 g/mol. The number of ether oxygens (including phenoxy) is 1. The molecule has 0 aliphatic carbocycles. The number of carbonyl (C=O) groups excluding carboxylic acids is 1. The van der Waals surface area contributed by atoms with E-state index in [0.717, 1.165) is 33.7 Å². The molecule has 1 aromatic heterocycles. The lowest BCUT2D eigenvalue weighted by molar-refractivity contribution is -0.959. The third-order valence-electron chi connectivity index (χ3n) is 6.96. The minimum absolute atomic E-state index is 0. The molecule has 0 saturated carbocycles. The van der Waals surface area contributed by atoms with E-state index in [2.05, 4.69) is 47.8 Å². The fourth-order valence-electron chi connectivity index (χ4n) is 5.37. The third kappa shape index (κ3) is 5.08. The Morgan fingerprint density at radius 1 is 1.00 bits per heavy atom. The highest BCUT2D eigenvalue weighted by Crippen LogP contribution is 2.39. The van der Waals surface area contributed by atoms with Crippen LogP contribution < -0.4 is 22.3 Å². The molecule has 3 aromatic rings. The van der Waals surface area contributed by atoms with Crippen LogP contribution in [0.5, 0.6) is 0 Å². The lowest BCUT2D eigenvalue weighted by Gasteiger charge is -2.52. The van der Waals surface area contributed by atoms with E-state index in [-0.39, 0.29) is 23.1 Å². The quantitative estimate of drug-likeness (QED) is 0.515. The number of anilines is 1. The zero-order valence-electron chi connectivity index (χ0n) is 18.1. The fraction of sp³-hybridized carbons (Fsp3) is 0.346. The SMILES string of the molecule is O=C(Nc1ccsc1-c1ccccc1)OCC1C[N+]2(Cc3ccccc3)CCC1CC2.[Br-]. The van der Waals surface area contributed by atoms with Gasteiger partial charge in [0.1, 0.15) is 13.2 Å². The van der Waals surface area contributed by atoms with E-state index in [1.165, 1.54) is 31.5 Å². The summed E-state index contributed by atoms with van der Waals surface area (Å²) in [5.74, 6) is 1.14. The van der Waals surface area contributed by atoms with E-state index in [0.29, 0.717) is 18.4 Å². The van der Waals surface area contributed by atoms with Crippen molar-refractivity contribution in [3.05, 3.63) is 77.7 Å². The molecule has 4 heterocycles. The zero-order valence-corrected chi connectivity index (χ0v) is 20.5. The molecule has 3 fully saturated rings. The van der Waals surface area contributed by atoms with Gasteiger partial charge in [-0.1, -0.05) is 60.7 Å². The van der Waals surface area contributed by atoms with E-state index in [1.54, 1.807) is 11.3 Å². The van der Waals surface area contributed by atoms with Crippen LogP contribution in [-0.2, 0) is 11.3 Å². The molecule has 1 atom stereocenters. The average molecular weight is 514 g/mol. The first-order valence-electron chi connectivity index (χ1n) is 11.2.